The molecule has 5 heteroatoms. The van der Waals surface area contributed by atoms with E-state index in [-0.39, 0.29) is 23.1 Å². The van der Waals surface area contributed by atoms with E-state index in [1.165, 1.54) is 0 Å². The summed E-state index contributed by atoms with van der Waals surface area (Å²) >= 11 is 0. The Morgan fingerprint density at radius 2 is 1.92 bits per heavy atom. The number of hydrogen-bond acceptors (Lipinski definition) is 3. The Bertz CT molecular complexity index is 827. The van der Waals surface area contributed by atoms with E-state index >= 15 is 0 Å². The second kappa shape index (κ2) is 6.14. The third-order valence-electron chi connectivity index (χ3n) is 5.91. The zero-order chi connectivity index (χ0) is 17.4. The molecule has 0 bridgehead atoms. The summed E-state index contributed by atoms with van der Waals surface area (Å²) in [6.07, 6.45) is 4.34. The Morgan fingerprint density at radius 1 is 1.16 bits per heavy atom. The van der Waals surface area contributed by atoms with Crippen molar-refractivity contribution < 1.29 is 9.59 Å². The van der Waals surface area contributed by atoms with Crippen molar-refractivity contribution in [1.82, 2.24) is 15.2 Å². The van der Waals surface area contributed by atoms with Crippen LogP contribution >= 0.6 is 0 Å². The zero-order valence-electron chi connectivity index (χ0n) is 14.5. The van der Waals surface area contributed by atoms with Crippen molar-refractivity contribution >= 4 is 22.7 Å². The van der Waals surface area contributed by atoms with E-state index < -0.39 is 0 Å². The fourth-order valence-corrected chi connectivity index (χ4v) is 4.59. The predicted octanol–water partition coefficient (Wildman–Crippen LogP) is 2.61. The molecule has 1 saturated carbocycles. The highest BCUT2D eigenvalue weighted by molar-refractivity contribution is 5.95. The SMILES string of the molecule is CNC(=O)C1CN(C(=O)c2ccc3ccccc3n2)CC12CCCC2. The monoisotopic (exact) mass is 337 g/mol. The van der Waals surface area contributed by atoms with Crippen LogP contribution in [0.4, 0.5) is 0 Å². The first-order chi connectivity index (χ1) is 12.1. The topological polar surface area (TPSA) is 62.3 Å². The molecule has 1 N–H and O–H groups in total. The average molecular weight is 337 g/mol. The van der Waals surface area contributed by atoms with Gasteiger partial charge in [-0.1, -0.05) is 37.1 Å². The summed E-state index contributed by atoms with van der Waals surface area (Å²) in [5.41, 5.74) is 1.24. The minimum absolute atomic E-state index is 0.0490. The zero-order valence-corrected chi connectivity index (χ0v) is 14.5. The molecular weight excluding hydrogens is 314 g/mol. The van der Waals surface area contributed by atoms with Gasteiger partial charge in [0.15, 0.2) is 0 Å². The van der Waals surface area contributed by atoms with Crippen LogP contribution in [-0.2, 0) is 4.79 Å². The summed E-state index contributed by atoms with van der Waals surface area (Å²) in [6.45, 7) is 1.16. The summed E-state index contributed by atoms with van der Waals surface area (Å²) in [4.78, 5) is 31.8. The predicted molar refractivity (Wildman–Crippen MR) is 96.1 cm³/mol. The number of likely N-dealkylation sites (tertiary alicyclic amines) is 1. The van der Waals surface area contributed by atoms with Crippen molar-refractivity contribution in [2.45, 2.75) is 25.7 Å². The van der Waals surface area contributed by atoms with Crippen molar-refractivity contribution in [2.75, 3.05) is 20.1 Å². The Balaban J connectivity index is 1.62. The summed E-state index contributed by atoms with van der Waals surface area (Å²) in [5, 5.41) is 3.81. The second-order valence-electron chi connectivity index (χ2n) is 7.31. The maximum atomic E-state index is 13.0. The molecule has 1 aromatic carbocycles. The van der Waals surface area contributed by atoms with Crippen LogP contribution in [0.25, 0.3) is 10.9 Å². The molecule has 1 aliphatic heterocycles. The molecule has 25 heavy (non-hydrogen) atoms. The third kappa shape index (κ3) is 2.68. The normalized spacial score (nSPS) is 21.8. The molecule has 2 aromatic rings. The molecule has 4 rings (SSSR count). The number of nitrogens with zero attached hydrogens (tertiary/aromatic N) is 2. The second-order valence-corrected chi connectivity index (χ2v) is 7.31. The molecule has 0 radical (unpaired) electrons. The molecule has 1 spiro atoms. The van der Waals surface area contributed by atoms with E-state index in [9.17, 15) is 9.59 Å². The van der Waals surface area contributed by atoms with Crippen LogP contribution in [-0.4, -0.2) is 41.8 Å². The highest BCUT2D eigenvalue weighted by Gasteiger charge is 2.52. The van der Waals surface area contributed by atoms with Crippen molar-refractivity contribution in [3.05, 3.63) is 42.1 Å². The molecule has 1 aromatic heterocycles. The van der Waals surface area contributed by atoms with Crippen LogP contribution in [0.5, 0.6) is 0 Å². The lowest BCUT2D eigenvalue weighted by Crippen LogP contribution is -2.38. The van der Waals surface area contributed by atoms with Crippen molar-refractivity contribution in [3.8, 4) is 0 Å². The summed E-state index contributed by atoms with van der Waals surface area (Å²) in [6, 6.07) is 11.5. The van der Waals surface area contributed by atoms with Crippen LogP contribution in [0.15, 0.2) is 36.4 Å². The van der Waals surface area contributed by atoms with Gasteiger partial charge in [0.05, 0.1) is 11.4 Å². The lowest BCUT2D eigenvalue weighted by Gasteiger charge is -2.28. The summed E-state index contributed by atoms with van der Waals surface area (Å²) in [5.74, 6) is -0.114. The van der Waals surface area contributed by atoms with Gasteiger partial charge in [-0.15, -0.1) is 0 Å². The first-order valence-corrected chi connectivity index (χ1v) is 9.00. The van der Waals surface area contributed by atoms with Gasteiger partial charge >= 0.3 is 0 Å². The molecular formula is C20H23N3O2. The van der Waals surface area contributed by atoms with Gasteiger partial charge in [0.25, 0.3) is 5.91 Å². The van der Waals surface area contributed by atoms with E-state index in [4.69, 9.17) is 0 Å². The average Bonchev–Trinajstić information content (AvgIpc) is 3.28. The molecule has 1 atom stereocenters. The van der Waals surface area contributed by atoms with Crippen LogP contribution in [0.1, 0.15) is 36.2 Å². The highest BCUT2D eigenvalue weighted by atomic mass is 16.2. The molecule has 1 aliphatic carbocycles. The number of amides is 2. The van der Waals surface area contributed by atoms with Crippen molar-refractivity contribution in [1.29, 1.82) is 0 Å². The quantitative estimate of drug-likeness (QED) is 0.916. The van der Waals surface area contributed by atoms with Gasteiger partial charge in [-0.25, -0.2) is 4.98 Å². The van der Waals surface area contributed by atoms with E-state index in [1.807, 2.05) is 35.2 Å². The molecule has 1 saturated heterocycles. The number of para-hydroxylation sites is 1. The number of fused-ring (bicyclic) bond motifs is 1. The van der Waals surface area contributed by atoms with Crippen molar-refractivity contribution in [3.63, 3.8) is 0 Å². The smallest absolute Gasteiger partial charge is 0.272 e. The lowest BCUT2D eigenvalue weighted by molar-refractivity contribution is -0.127. The first-order valence-electron chi connectivity index (χ1n) is 9.00. The summed E-state index contributed by atoms with van der Waals surface area (Å²) in [7, 11) is 1.68. The summed E-state index contributed by atoms with van der Waals surface area (Å²) < 4.78 is 0. The number of aromatic nitrogens is 1. The van der Waals surface area contributed by atoms with Crippen LogP contribution in [0.3, 0.4) is 0 Å². The minimum Gasteiger partial charge on any atom is -0.359 e. The van der Waals surface area contributed by atoms with E-state index in [2.05, 4.69) is 10.3 Å². The molecule has 130 valence electrons. The van der Waals surface area contributed by atoms with Gasteiger partial charge < -0.3 is 10.2 Å². The highest BCUT2D eigenvalue weighted by Crippen LogP contribution is 2.49. The molecule has 2 amide bonds. The van der Waals surface area contributed by atoms with Gasteiger partial charge in [0.2, 0.25) is 5.91 Å². The maximum absolute atomic E-state index is 13.0. The van der Waals surface area contributed by atoms with E-state index in [1.54, 1.807) is 13.1 Å². The molecule has 2 heterocycles. The molecule has 5 nitrogen and oxygen atoms in total. The van der Waals surface area contributed by atoms with E-state index in [0.717, 1.165) is 36.6 Å². The fourth-order valence-electron chi connectivity index (χ4n) is 4.59. The van der Waals surface area contributed by atoms with Crippen LogP contribution in [0.2, 0.25) is 0 Å². The van der Waals surface area contributed by atoms with Gasteiger partial charge in [-0.05, 0) is 25.0 Å². The molecule has 2 fully saturated rings. The number of pyridine rings is 1. The largest absolute Gasteiger partial charge is 0.359 e. The van der Waals surface area contributed by atoms with Crippen LogP contribution < -0.4 is 5.32 Å². The van der Waals surface area contributed by atoms with Gasteiger partial charge in [0.1, 0.15) is 5.69 Å². The molecule has 1 unspecified atom stereocenters. The van der Waals surface area contributed by atoms with Crippen molar-refractivity contribution in [2.24, 2.45) is 11.3 Å². The maximum Gasteiger partial charge on any atom is 0.272 e. The standard InChI is InChI=1S/C20H23N3O2/c1-21-18(24)15-12-23(13-20(15)10-4-5-11-20)19(25)17-9-8-14-6-2-3-7-16(14)22-17/h2-3,6-9,15H,4-5,10-13H2,1H3,(H,21,24). The van der Waals surface area contributed by atoms with Crippen LogP contribution in [0, 0.1) is 11.3 Å². The number of nitrogens with one attached hydrogen (secondary N) is 1. The van der Waals surface area contributed by atoms with Gasteiger partial charge in [0, 0.05) is 30.9 Å². The Hall–Kier alpha value is -2.43. The number of hydrogen-bond donors (Lipinski definition) is 1. The van der Waals surface area contributed by atoms with Gasteiger partial charge in [-0.2, -0.15) is 0 Å². The Morgan fingerprint density at radius 3 is 2.68 bits per heavy atom. The minimum atomic E-state index is -0.107. The number of rotatable bonds is 2. The first kappa shape index (κ1) is 16.1. The number of carbonyl (C=O) groups is 2. The fraction of sp³-hybridized carbons (Fsp3) is 0.450. The number of benzene rings is 1. The van der Waals surface area contributed by atoms with E-state index in [0.29, 0.717) is 18.8 Å². The number of carbonyl (C=O) groups excluding carboxylic acids is 2. The Kier molecular flexibility index (Phi) is 3.94. The Labute approximate surface area is 147 Å². The lowest BCUT2D eigenvalue weighted by atomic mass is 9.76. The van der Waals surface area contributed by atoms with Gasteiger partial charge in [-0.3, -0.25) is 9.59 Å². The molecule has 2 aliphatic rings. The third-order valence-corrected chi connectivity index (χ3v) is 5.91.